The zero-order valence-electron chi connectivity index (χ0n) is 21.4. The second-order valence-corrected chi connectivity index (χ2v) is 9.97. The van der Waals surface area contributed by atoms with Crippen LogP contribution in [-0.2, 0) is 17.5 Å². The number of rotatable bonds is 5. The Hall–Kier alpha value is -4.90. The molecule has 1 saturated heterocycles. The summed E-state index contributed by atoms with van der Waals surface area (Å²) in [6.45, 7) is 2.84. The van der Waals surface area contributed by atoms with E-state index in [1.54, 1.807) is 18.2 Å². The maximum Gasteiger partial charge on any atom is 0.419 e. The van der Waals surface area contributed by atoms with E-state index in [-0.39, 0.29) is 28.6 Å². The van der Waals surface area contributed by atoms with E-state index in [1.807, 2.05) is 0 Å². The molecule has 5 rings (SSSR count). The molecule has 0 atom stereocenters. The van der Waals surface area contributed by atoms with Gasteiger partial charge < -0.3 is 15.2 Å². The van der Waals surface area contributed by atoms with E-state index in [4.69, 9.17) is 17.5 Å². The molecule has 0 aliphatic carbocycles. The van der Waals surface area contributed by atoms with Crippen molar-refractivity contribution >= 4 is 51.6 Å². The Kier molecular flexibility index (Phi) is 6.70. The normalized spacial score (nSPS) is 15.0. The third-order valence-electron chi connectivity index (χ3n) is 6.63. The van der Waals surface area contributed by atoms with Crippen molar-refractivity contribution in [1.29, 1.82) is 5.26 Å². The van der Waals surface area contributed by atoms with E-state index in [0.717, 1.165) is 22.7 Å². The van der Waals surface area contributed by atoms with E-state index in [2.05, 4.69) is 20.3 Å². The molecule has 0 spiro atoms. The molecular formula is C27H19F4N7O2S. The van der Waals surface area contributed by atoms with E-state index in [0.29, 0.717) is 17.1 Å². The summed E-state index contributed by atoms with van der Waals surface area (Å²) in [5, 5.41) is 11.5. The highest BCUT2D eigenvalue weighted by Crippen LogP contribution is 2.39. The average molecular weight is 582 g/mol. The largest absolute Gasteiger partial charge is 0.419 e. The number of nitrogens with one attached hydrogen (secondary N) is 2. The number of fused-ring (bicyclic) bond motifs is 1. The lowest BCUT2D eigenvalue weighted by Crippen LogP contribution is -2.44. The number of thiocarbonyl (C=S) groups is 1. The summed E-state index contributed by atoms with van der Waals surface area (Å²) in [5.41, 5.74) is -1.81. The molecule has 0 unspecified atom stereocenters. The molecule has 14 heteroatoms. The van der Waals surface area contributed by atoms with Crippen molar-refractivity contribution in [2.24, 2.45) is 0 Å². The fourth-order valence-electron chi connectivity index (χ4n) is 4.51. The van der Waals surface area contributed by atoms with Crippen LogP contribution in [-0.4, -0.2) is 37.4 Å². The lowest BCUT2D eigenvalue weighted by molar-refractivity contribution is -0.138. The highest BCUT2D eigenvalue weighted by molar-refractivity contribution is 7.81. The van der Waals surface area contributed by atoms with Crippen LogP contribution in [0.15, 0.2) is 55.0 Å². The number of benzene rings is 2. The standard InChI is InChI=1S/C27H19F4N7O2S/c1-26(2)24(40)37(17-8-18(27(29,30)31)22(10-32)33-12-17)25(41)38(26)16-5-3-15(19(28)9-16)11-34-23(39)14-4-6-20-21(7-14)36-13-35-20/h3-9,12-13H,11H2,1-2H3,(H,34,39)(H,35,36). The number of alkyl halides is 3. The first-order valence-corrected chi connectivity index (χ1v) is 12.4. The van der Waals surface area contributed by atoms with Crippen molar-refractivity contribution in [3.05, 3.63) is 83.2 Å². The number of hydrogen-bond donors (Lipinski definition) is 2. The number of carbonyl (C=O) groups is 2. The number of halogens is 4. The average Bonchev–Trinajstić information content (AvgIpc) is 3.46. The molecule has 1 fully saturated rings. The maximum absolute atomic E-state index is 15.2. The number of anilines is 2. The van der Waals surface area contributed by atoms with Crippen LogP contribution >= 0.6 is 12.2 Å². The molecule has 0 saturated carbocycles. The number of H-pyrrole nitrogens is 1. The molecule has 9 nitrogen and oxygen atoms in total. The molecule has 3 heterocycles. The molecule has 4 aromatic rings. The van der Waals surface area contributed by atoms with Gasteiger partial charge in [0.15, 0.2) is 10.8 Å². The highest BCUT2D eigenvalue weighted by Gasteiger charge is 2.51. The van der Waals surface area contributed by atoms with Gasteiger partial charge in [-0.15, -0.1) is 0 Å². The SMILES string of the molecule is CC1(C)C(=O)N(c2cnc(C#N)c(C(F)(F)F)c2)C(=S)N1c1ccc(CNC(=O)c2ccc3[nH]cnc3c2)c(F)c1. The van der Waals surface area contributed by atoms with E-state index in [1.165, 1.54) is 43.3 Å². The second-order valence-electron chi connectivity index (χ2n) is 9.61. The Morgan fingerprint density at radius 2 is 1.90 bits per heavy atom. The van der Waals surface area contributed by atoms with Crippen LogP contribution in [0.1, 0.15) is 41.0 Å². The minimum absolute atomic E-state index is 0.139. The van der Waals surface area contributed by atoms with Gasteiger partial charge in [-0.05, 0) is 62.5 Å². The monoisotopic (exact) mass is 581 g/mol. The fraction of sp³-hybridized carbons (Fsp3) is 0.185. The number of nitrogens with zero attached hydrogens (tertiary/aromatic N) is 5. The van der Waals surface area contributed by atoms with Crippen LogP contribution in [0.2, 0.25) is 0 Å². The number of aromatic amines is 1. The Morgan fingerprint density at radius 1 is 1.15 bits per heavy atom. The zero-order valence-corrected chi connectivity index (χ0v) is 22.2. The van der Waals surface area contributed by atoms with Gasteiger partial charge in [0.05, 0.1) is 34.8 Å². The number of carbonyl (C=O) groups excluding carboxylic acids is 2. The number of hydrogen-bond acceptors (Lipinski definition) is 6. The molecule has 2 aromatic heterocycles. The first kappa shape index (κ1) is 27.7. The van der Waals surface area contributed by atoms with Crippen LogP contribution in [0.25, 0.3) is 11.0 Å². The zero-order chi connectivity index (χ0) is 29.7. The Labute approximate surface area is 235 Å². The minimum atomic E-state index is -4.90. The van der Waals surface area contributed by atoms with Gasteiger partial charge in [0.25, 0.3) is 11.8 Å². The predicted octanol–water partition coefficient (Wildman–Crippen LogP) is 4.83. The highest BCUT2D eigenvalue weighted by atomic mass is 32.1. The lowest BCUT2D eigenvalue weighted by atomic mass is 10.0. The third kappa shape index (κ3) is 4.84. The molecule has 0 radical (unpaired) electrons. The van der Waals surface area contributed by atoms with Gasteiger partial charge in [-0.1, -0.05) is 6.07 Å². The van der Waals surface area contributed by atoms with Gasteiger partial charge in [0.2, 0.25) is 0 Å². The summed E-state index contributed by atoms with van der Waals surface area (Å²) in [4.78, 5) is 38.7. The molecule has 41 heavy (non-hydrogen) atoms. The molecule has 2 aromatic carbocycles. The lowest BCUT2D eigenvalue weighted by Gasteiger charge is -2.29. The predicted molar refractivity (Wildman–Crippen MR) is 144 cm³/mol. The molecule has 1 aliphatic rings. The molecule has 208 valence electrons. The molecule has 1 aliphatic heterocycles. The van der Waals surface area contributed by atoms with Crippen molar-refractivity contribution in [3.8, 4) is 6.07 Å². The van der Waals surface area contributed by atoms with Crippen LogP contribution in [0.4, 0.5) is 28.9 Å². The Morgan fingerprint density at radius 3 is 2.59 bits per heavy atom. The summed E-state index contributed by atoms with van der Waals surface area (Å²) < 4.78 is 55.7. The van der Waals surface area contributed by atoms with Crippen molar-refractivity contribution in [3.63, 3.8) is 0 Å². The van der Waals surface area contributed by atoms with Gasteiger partial charge in [-0.25, -0.2) is 14.4 Å². The Balaban J connectivity index is 1.38. The molecule has 2 amide bonds. The number of nitriles is 1. The molecular weight excluding hydrogens is 562 g/mol. The van der Waals surface area contributed by atoms with E-state index < -0.39 is 40.6 Å². The topological polar surface area (TPSA) is 118 Å². The quantitative estimate of drug-likeness (QED) is 0.256. The maximum atomic E-state index is 15.2. The van der Waals surface area contributed by atoms with Gasteiger partial charge in [-0.3, -0.25) is 14.5 Å². The van der Waals surface area contributed by atoms with Crippen molar-refractivity contribution in [2.75, 3.05) is 9.80 Å². The summed E-state index contributed by atoms with van der Waals surface area (Å²) in [6.07, 6.45) is -2.44. The summed E-state index contributed by atoms with van der Waals surface area (Å²) in [7, 11) is 0. The molecule has 0 bridgehead atoms. The first-order valence-electron chi connectivity index (χ1n) is 12.0. The van der Waals surface area contributed by atoms with Gasteiger partial charge >= 0.3 is 6.18 Å². The summed E-state index contributed by atoms with van der Waals surface area (Å²) >= 11 is 5.46. The Bertz CT molecular complexity index is 1780. The summed E-state index contributed by atoms with van der Waals surface area (Å²) in [5.74, 6) is -1.81. The van der Waals surface area contributed by atoms with Crippen LogP contribution in [0.3, 0.4) is 0 Å². The minimum Gasteiger partial charge on any atom is -0.348 e. The van der Waals surface area contributed by atoms with Crippen molar-refractivity contribution in [1.82, 2.24) is 20.3 Å². The first-order chi connectivity index (χ1) is 19.3. The van der Waals surface area contributed by atoms with Crippen molar-refractivity contribution < 1.29 is 27.2 Å². The second kappa shape index (κ2) is 9.93. The smallest absolute Gasteiger partial charge is 0.348 e. The van der Waals surface area contributed by atoms with Gasteiger partial charge in [0, 0.05) is 23.4 Å². The third-order valence-corrected chi connectivity index (χ3v) is 6.99. The van der Waals surface area contributed by atoms with Crippen LogP contribution in [0.5, 0.6) is 0 Å². The van der Waals surface area contributed by atoms with E-state index in [9.17, 15) is 22.8 Å². The molecule has 2 N–H and O–H groups in total. The van der Waals surface area contributed by atoms with Crippen LogP contribution in [0, 0.1) is 17.1 Å². The number of imidazole rings is 1. The summed E-state index contributed by atoms with van der Waals surface area (Å²) in [6, 6.07) is 11.0. The van der Waals surface area contributed by atoms with Crippen LogP contribution < -0.4 is 15.1 Å². The van der Waals surface area contributed by atoms with Gasteiger partial charge in [-0.2, -0.15) is 18.4 Å². The van der Waals surface area contributed by atoms with Crippen molar-refractivity contribution in [2.45, 2.75) is 32.1 Å². The van der Waals surface area contributed by atoms with Gasteiger partial charge in [0.1, 0.15) is 17.4 Å². The van der Waals surface area contributed by atoms with E-state index >= 15 is 4.39 Å². The number of pyridine rings is 1. The number of aromatic nitrogens is 3. The fourth-order valence-corrected chi connectivity index (χ4v) is 5.03. The number of amides is 2.